The minimum Gasteiger partial charge on any atom is -0.208 e. The molecule has 0 unspecified atom stereocenters. The van der Waals surface area contributed by atoms with Gasteiger partial charge in [0.15, 0.2) is 17.5 Å². The third-order valence-corrected chi connectivity index (χ3v) is 10.9. The van der Waals surface area contributed by atoms with Crippen molar-refractivity contribution >= 4 is 0 Å². The first-order valence-electron chi connectivity index (χ1n) is 20.3. The van der Waals surface area contributed by atoms with E-state index >= 15 is 0 Å². The number of hydrogen-bond acceptors (Lipinski definition) is 3. The van der Waals surface area contributed by atoms with Gasteiger partial charge in [0.25, 0.3) is 0 Å². The molecule has 0 radical (unpaired) electrons. The largest absolute Gasteiger partial charge is 0.208 e. The topological polar surface area (TPSA) is 38.7 Å². The molecule has 0 saturated heterocycles. The van der Waals surface area contributed by atoms with Crippen LogP contribution in [0.4, 0.5) is 0 Å². The van der Waals surface area contributed by atoms with Gasteiger partial charge in [-0.1, -0.05) is 206 Å². The summed E-state index contributed by atoms with van der Waals surface area (Å²) in [5, 5.41) is 0. The Bertz CT molecular complexity index is 2930. The standard InChI is InChI=1S/C57H39N3/c1-7-19-40(20-8-1)48-35-49(41-21-9-2-10-22-41)37-50(36-48)52-33-31-46(38-53(52)43-25-13-4-14-26-43)54-39-47(32-34-51(54)42-23-11-3-12-24-42)57-59-55(44-27-15-5-16-28-44)58-56(60-57)45-29-17-6-18-30-45/h1-39H. The van der Waals surface area contributed by atoms with E-state index in [9.17, 15) is 0 Å². The Balaban J connectivity index is 1.18. The lowest BCUT2D eigenvalue weighted by Gasteiger charge is -2.18. The maximum absolute atomic E-state index is 5.10. The van der Waals surface area contributed by atoms with Gasteiger partial charge in [-0.15, -0.1) is 0 Å². The number of rotatable bonds is 9. The zero-order valence-corrected chi connectivity index (χ0v) is 32.9. The summed E-state index contributed by atoms with van der Waals surface area (Å²) in [4.78, 5) is 15.2. The van der Waals surface area contributed by atoms with Crippen molar-refractivity contribution in [3.8, 4) is 101 Å². The van der Waals surface area contributed by atoms with Crippen molar-refractivity contribution in [2.24, 2.45) is 0 Å². The Morgan fingerprint density at radius 1 is 0.167 bits per heavy atom. The highest BCUT2D eigenvalue weighted by Gasteiger charge is 2.18. The van der Waals surface area contributed by atoms with Gasteiger partial charge >= 0.3 is 0 Å². The minimum atomic E-state index is 0.620. The van der Waals surface area contributed by atoms with Gasteiger partial charge in [0, 0.05) is 16.7 Å². The Morgan fingerprint density at radius 3 is 0.917 bits per heavy atom. The molecule has 9 aromatic carbocycles. The summed E-state index contributed by atoms with van der Waals surface area (Å²) in [5.41, 5.74) is 16.6. The Morgan fingerprint density at radius 2 is 0.467 bits per heavy atom. The van der Waals surface area contributed by atoms with Crippen LogP contribution in [0.1, 0.15) is 0 Å². The molecule has 0 amide bonds. The van der Waals surface area contributed by atoms with E-state index in [2.05, 4.69) is 176 Å². The summed E-state index contributed by atoms with van der Waals surface area (Å²) in [6, 6.07) is 83.4. The van der Waals surface area contributed by atoms with Crippen LogP contribution in [-0.2, 0) is 0 Å². The molecule has 0 saturated carbocycles. The van der Waals surface area contributed by atoms with Gasteiger partial charge in [-0.2, -0.15) is 0 Å². The second kappa shape index (κ2) is 16.5. The number of nitrogens with zero attached hydrogens (tertiary/aromatic N) is 3. The molecular formula is C57H39N3. The highest BCUT2D eigenvalue weighted by Crippen LogP contribution is 2.42. The molecular weight excluding hydrogens is 727 g/mol. The number of benzene rings is 9. The summed E-state index contributed by atoms with van der Waals surface area (Å²) < 4.78 is 0. The first-order valence-corrected chi connectivity index (χ1v) is 20.3. The molecule has 10 aromatic rings. The summed E-state index contributed by atoms with van der Waals surface area (Å²) in [6.45, 7) is 0. The lowest BCUT2D eigenvalue weighted by molar-refractivity contribution is 1.07. The number of aromatic nitrogens is 3. The van der Waals surface area contributed by atoms with Crippen LogP contribution in [-0.4, -0.2) is 15.0 Å². The molecule has 0 bridgehead atoms. The Hall–Kier alpha value is -8.01. The van der Waals surface area contributed by atoms with Gasteiger partial charge in [-0.3, -0.25) is 0 Å². The lowest BCUT2D eigenvalue weighted by Crippen LogP contribution is -2.00. The molecule has 10 rings (SSSR count). The van der Waals surface area contributed by atoms with E-state index in [-0.39, 0.29) is 0 Å². The molecule has 1 aromatic heterocycles. The van der Waals surface area contributed by atoms with Crippen molar-refractivity contribution in [2.75, 3.05) is 0 Å². The first kappa shape index (κ1) is 36.3. The summed E-state index contributed by atoms with van der Waals surface area (Å²) in [7, 11) is 0. The molecule has 0 fully saturated rings. The smallest absolute Gasteiger partial charge is 0.164 e. The van der Waals surface area contributed by atoms with Gasteiger partial charge < -0.3 is 0 Å². The van der Waals surface area contributed by atoms with E-state index in [1.165, 1.54) is 22.3 Å². The predicted octanol–water partition coefficient (Wildman–Crippen LogP) is 14.9. The zero-order chi connectivity index (χ0) is 40.1. The van der Waals surface area contributed by atoms with Crippen LogP contribution in [0.5, 0.6) is 0 Å². The van der Waals surface area contributed by atoms with E-state index < -0.39 is 0 Å². The summed E-state index contributed by atoms with van der Waals surface area (Å²) in [6.07, 6.45) is 0. The van der Waals surface area contributed by atoms with Crippen molar-refractivity contribution < 1.29 is 0 Å². The van der Waals surface area contributed by atoms with Crippen LogP contribution in [0.15, 0.2) is 237 Å². The monoisotopic (exact) mass is 765 g/mol. The number of hydrogen-bond donors (Lipinski definition) is 0. The van der Waals surface area contributed by atoms with Crippen LogP contribution < -0.4 is 0 Å². The van der Waals surface area contributed by atoms with Crippen molar-refractivity contribution in [2.45, 2.75) is 0 Å². The summed E-state index contributed by atoms with van der Waals surface area (Å²) in [5.74, 6) is 1.89. The molecule has 0 atom stereocenters. The van der Waals surface area contributed by atoms with E-state index in [1.54, 1.807) is 0 Å². The lowest BCUT2D eigenvalue weighted by atomic mass is 9.86. The molecule has 3 heteroatoms. The molecule has 0 aliphatic carbocycles. The van der Waals surface area contributed by atoms with Crippen molar-refractivity contribution in [1.82, 2.24) is 15.0 Å². The molecule has 60 heavy (non-hydrogen) atoms. The van der Waals surface area contributed by atoms with E-state index in [0.717, 1.165) is 61.2 Å². The quantitative estimate of drug-likeness (QED) is 0.147. The zero-order valence-electron chi connectivity index (χ0n) is 32.9. The van der Waals surface area contributed by atoms with Crippen LogP contribution in [0, 0.1) is 0 Å². The normalized spacial score (nSPS) is 11.0. The van der Waals surface area contributed by atoms with Crippen LogP contribution in [0.3, 0.4) is 0 Å². The van der Waals surface area contributed by atoms with Crippen molar-refractivity contribution in [3.63, 3.8) is 0 Å². The molecule has 0 spiro atoms. The van der Waals surface area contributed by atoms with Gasteiger partial charge in [0.2, 0.25) is 0 Å². The highest BCUT2D eigenvalue weighted by molar-refractivity contribution is 5.94. The molecule has 282 valence electrons. The average Bonchev–Trinajstić information content (AvgIpc) is 3.35. The maximum Gasteiger partial charge on any atom is 0.164 e. The van der Waals surface area contributed by atoms with Crippen LogP contribution in [0.25, 0.3) is 101 Å². The van der Waals surface area contributed by atoms with Gasteiger partial charge in [-0.05, 0) is 97.1 Å². The molecule has 1 heterocycles. The van der Waals surface area contributed by atoms with Crippen molar-refractivity contribution in [1.29, 1.82) is 0 Å². The second-order valence-electron chi connectivity index (χ2n) is 14.8. The van der Waals surface area contributed by atoms with Crippen molar-refractivity contribution in [3.05, 3.63) is 237 Å². The van der Waals surface area contributed by atoms with Crippen LogP contribution >= 0.6 is 0 Å². The average molecular weight is 766 g/mol. The SMILES string of the molecule is c1ccc(-c2cc(-c3ccccc3)cc(-c3ccc(-c4cc(-c5nc(-c6ccccc6)nc(-c6ccccc6)n5)ccc4-c4ccccc4)cc3-c3ccccc3)c2)cc1. The molecule has 0 N–H and O–H groups in total. The first-order chi connectivity index (χ1) is 29.7. The Kier molecular flexibility index (Phi) is 9.97. The van der Waals surface area contributed by atoms with E-state index in [4.69, 9.17) is 15.0 Å². The highest BCUT2D eigenvalue weighted by atomic mass is 15.0. The van der Waals surface area contributed by atoms with Gasteiger partial charge in [0.1, 0.15) is 0 Å². The fraction of sp³-hybridized carbons (Fsp3) is 0. The fourth-order valence-corrected chi connectivity index (χ4v) is 7.93. The van der Waals surface area contributed by atoms with Gasteiger partial charge in [0.05, 0.1) is 0 Å². The third kappa shape index (κ3) is 7.56. The second-order valence-corrected chi connectivity index (χ2v) is 14.8. The molecule has 0 aliphatic heterocycles. The fourth-order valence-electron chi connectivity index (χ4n) is 7.93. The van der Waals surface area contributed by atoms with Gasteiger partial charge in [-0.25, -0.2) is 15.0 Å². The molecule has 0 aliphatic rings. The maximum atomic E-state index is 5.10. The van der Waals surface area contributed by atoms with E-state index in [0.29, 0.717) is 17.5 Å². The van der Waals surface area contributed by atoms with E-state index in [1.807, 2.05) is 60.7 Å². The molecule has 3 nitrogen and oxygen atoms in total. The summed E-state index contributed by atoms with van der Waals surface area (Å²) >= 11 is 0. The predicted molar refractivity (Wildman–Crippen MR) is 249 cm³/mol. The third-order valence-electron chi connectivity index (χ3n) is 10.9. The Labute approximate surface area is 351 Å². The minimum absolute atomic E-state index is 0.620. The van der Waals surface area contributed by atoms with Crippen LogP contribution in [0.2, 0.25) is 0 Å².